The summed E-state index contributed by atoms with van der Waals surface area (Å²) in [6.45, 7) is 5.05. The summed E-state index contributed by atoms with van der Waals surface area (Å²) >= 11 is 0. The van der Waals surface area contributed by atoms with Crippen LogP contribution in [-0.4, -0.2) is 6.04 Å². The molecule has 1 nitrogen and oxygen atoms in total. The van der Waals surface area contributed by atoms with Crippen molar-refractivity contribution in [1.82, 2.24) is 5.32 Å². The molecule has 0 amide bonds. The van der Waals surface area contributed by atoms with Gasteiger partial charge < -0.3 is 5.32 Å². The minimum atomic E-state index is -0.126. The molecule has 0 bridgehead atoms. The molecule has 17 heavy (non-hydrogen) atoms. The van der Waals surface area contributed by atoms with Crippen LogP contribution in [-0.2, 0) is 6.54 Å². The van der Waals surface area contributed by atoms with Crippen molar-refractivity contribution < 1.29 is 4.39 Å². The highest BCUT2D eigenvalue weighted by molar-refractivity contribution is 5.23. The Kier molecular flexibility index (Phi) is 4.16. The van der Waals surface area contributed by atoms with Crippen molar-refractivity contribution in [2.45, 2.75) is 52.1 Å². The number of aryl methyl sites for hydroxylation is 1. The van der Waals surface area contributed by atoms with Crippen molar-refractivity contribution in [3.63, 3.8) is 0 Å². The minimum Gasteiger partial charge on any atom is -0.310 e. The van der Waals surface area contributed by atoms with Crippen LogP contribution in [0, 0.1) is 18.7 Å². The molecule has 1 saturated carbocycles. The first-order valence-electron chi connectivity index (χ1n) is 6.63. The first kappa shape index (κ1) is 12.6. The molecule has 94 valence electrons. The second kappa shape index (κ2) is 5.63. The molecule has 0 spiro atoms. The average Bonchev–Trinajstić information content (AvgIpc) is 2.27. The summed E-state index contributed by atoms with van der Waals surface area (Å²) in [5.41, 5.74) is 2.06. The molecular formula is C15H22FN. The summed E-state index contributed by atoms with van der Waals surface area (Å²) in [6, 6.07) is 5.88. The predicted molar refractivity (Wildman–Crippen MR) is 69.4 cm³/mol. The molecule has 1 aliphatic carbocycles. The van der Waals surface area contributed by atoms with E-state index in [1.54, 1.807) is 12.1 Å². The molecule has 0 heterocycles. The van der Waals surface area contributed by atoms with Crippen molar-refractivity contribution in [3.05, 3.63) is 35.1 Å². The first-order chi connectivity index (χ1) is 8.13. The van der Waals surface area contributed by atoms with Gasteiger partial charge in [-0.15, -0.1) is 0 Å². The van der Waals surface area contributed by atoms with Crippen molar-refractivity contribution in [1.29, 1.82) is 0 Å². The van der Waals surface area contributed by atoms with E-state index in [-0.39, 0.29) is 5.82 Å². The van der Waals surface area contributed by atoms with Crippen LogP contribution in [0.15, 0.2) is 18.2 Å². The number of hydrogen-bond donors (Lipinski definition) is 1. The highest BCUT2D eigenvalue weighted by Gasteiger charge is 2.17. The van der Waals surface area contributed by atoms with Crippen LogP contribution in [0.2, 0.25) is 0 Å². The zero-order chi connectivity index (χ0) is 12.3. The molecule has 1 fully saturated rings. The molecule has 0 aromatic heterocycles. The summed E-state index contributed by atoms with van der Waals surface area (Å²) in [5, 5.41) is 3.55. The van der Waals surface area contributed by atoms with Crippen LogP contribution in [0.1, 0.15) is 43.7 Å². The normalized spacial score (nSPS) is 24.9. The van der Waals surface area contributed by atoms with Gasteiger partial charge in [-0.25, -0.2) is 4.39 Å². The highest BCUT2D eigenvalue weighted by atomic mass is 19.1. The van der Waals surface area contributed by atoms with Gasteiger partial charge in [-0.1, -0.05) is 13.0 Å². The molecule has 1 aromatic rings. The maximum absolute atomic E-state index is 13.2. The van der Waals surface area contributed by atoms with Crippen molar-refractivity contribution >= 4 is 0 Å². The third-order valence-electron chi connectivity index (χ3n) is 3.71. The molecule has 1 N–H and O–H groups in total. The van der Waals surface area contributed by atoms with Gasteiger partial charge in [-0.3, -0.25) is 0 Å². The zero-order valence-corrected chi connectivity index (χ0v) is 10.8. The van der Waals surface area contributed by atoms with Gasteiger partial charge in [-0.05, 0) is 61.8 Å². The van der Waals surface area contributed by atoms with E-state index in [0.717, 1.165) is 23.6 Å². The van der Waals surface area contributed by atoms with E-state index in [2.05, 4.69) is 18.3 Å². The lowest BCUT2D eigenvalue weighted by Gasteiger charge is -2.27. The smallest absolute Gasteiger partial charge is 0.123 e. The Morgan fingerprint density at radius 3 is 2.53 bits per heavy atom. The van der Waals surface area contributed by atoms with Crippen LogP contribution in [0.4, 0.5) is 4.39 Å². The van der Waals surface area contributed by atoms with Gasteiger partial charge in [0, 0.05) is 12.6 Å². The summed E-state index contributed by atoms with van der Waals surface area (Å²) in [5.74, 6) is 0.753. The van der Waals surface area contributed by atoms with E-state index in [9.17, 15) is 4.39 Å². The number of rotatable bonds is 3. The van der Waals surface area contributed by atoms with Crippen LogP contribution in [0.3, 0.4) is 0 Å². The number of hydrogen-bond acceptors (Lipinski definition) is 1. The lowest BCUT2D eigenvalue weighted by molar-refractivity contribution is 0.306. The molecule has 2 rings (SSSR count). The highest BCUT2D eigenvalue weighted by Crippen LogP contribution is 2.23. The second-order valence-electron chi connectivity index (χ2n) is 5.47. The van der Waals surface area contributed by atoms with Crippen LogP contribution in [0.5, 0.6) is 0 Å². The Morgan fingerprint density at radius 1 is 1.18 bits per heavy atom. The summed E-state index contributed by atoms with van der Waals surface area (Å²) in [6.07, 6.45) is 5.16. The van der Waals surface area contributed by atoms with Crippen LogP contribution in [0.25, 0.3) is 0 Å². The van der Waals surface area contributed by atoms with E-state index >= 15 is 0 Å². The van der Waals surface area contributed by atoms with Crippen molar-refractivity contribution in [2.75, 3.05) is 0 Å². The molecule has 0 radical (unpaired) electrons. The fourth-order valence-electron chi connectivity index (χ4n) is 2.64. The SMILES string of the molecule is Cc1cc(F)cc(CNC2CCC(C)CC2)c1. The Morgan fingerprint density at radius 2 is 1.88 bits per heavy atom. The van der Waals surface area contributed by atoms with Crippen LogP contribution < -0.4 is 5.32 Å². The largest absolute Gasteiger partial charge is 0.310 e. The van der Waals surface area contributed by atoms with Gasteiger partial charge in [-0.2, -0.15) is 0 Å². The third-order valence-corrected chi connectivity index (χ3v) is 3.71. The number of nitrogens with one attached hydrogen (secondary N) is 1. The van der Waals surface area contributed by atoms with Crippen LogP contribution >= 0.6 is 0 Å². The van der Waals surface area contributed by atoms with Gasteiger partial charge in [0.1, 0.15) is 5.82 Å². The molecule has 0 atom stereocenters. The minimum absolute atomic E-state index is 0.126. The van der Waals surface area contributed by atoms with Gasteiger partial charge in [0.05, 0.1) is 0 Å². The van der Waals surface area contributed by atoms with E-state index < -0.39 is 0 Å². The van der Waals surface area contributed by atoms with Gasteiger partial charge >= 0.3 is 0 Å². The Balaban J connectivity index is 1.85. The second-order valence-corrected chi connectivity index (χ2v) is 5.47. The lowest BCUT2D eigenvalue weighted by atomic mass is 9.87. The molecule has 0 aliphatic heterocycles. The van der Waals surface area contributed by atoms with Gasteiger partial charge in [0.2, 0.25) is 0 Å². The summed E-state index contributed by atoms with van der Waals surface area (Å²) in [7, 11) is 0. The van der Waals surface area contributed by atoms with Gasteiger partial charge in [0.25, 0.3) is 0 Å². The third kappa shape index (κ3) is 3.81. The van der Waals surface area contributed by atoms with E-state index in [0.29, 0.717) is 6.04 Å². The quantitative estimate of drug-likeness (QED) is 0.840. The Hall–Kier alpha value is -0.890. The van der Waals surface area contributed by atoms with E-state index in [4.69, 9.17) is 0 Å². The number of halogens is 1. The maximum Gasteiger partial charge on any atom is 0.123 e. The topological polar surface area (TPSA) is 12.0 Å². The zero-order valence-electron chi connectivity index (χ0n) is 10.8. The molecule has 0 saturated heterocycles. The Labute approximate surface area is 103 Å². The monoisotopic (exact) mass is 235 g/mol. The molecule has 1 aliphatic rings. The molecule has 1 aromatic carbocycles. The lowest BCUT2D eigenvalue weighted by Crippen LogP contribution is -2.32. The molecular weight excluding hydrogens is 213 g/mol. The van der Waals surface area contributed by atoms with E-state index in [1.165, 1.54) is 25.7 Å². The standard InChI is InChI=1S/C15H22FN/c1-11-3-5-15(6-4-11)17-10-13-7-12(2)8-14(16)9-13/h7-9,11,15,17H,3-6,10H2,1-2H3. The fraction of sp³-hybridized carbons (Fsp3) is 0.600. The van der Waals surface area contributed by atoms with Crippen molar-refractivity contribution in [3.8, 4) is 0 Å². The average molecular weight is 235 g/mol. The molecule has 2 heteroatoms. The fourth-order valence-corrected chi connectivity index (χ4v) is 2.64. The number of benzene rings is 1. The van der Waals surface area contributed by atoms with Gasteiger partial charge in [0.15, 0.2) is 0 Å². The maximum atomic E-state index is 13.2. The molecule has 0 unspecified atom stereocenters. The Bertz CT molecular complexity index is 347. The summed E-state index contributed by atoms with van der Waals surface area (Å²) < 4.78 is 13.2. The first-order valence-corrected chi connectivity index (χ1v) is 6.63. The van der Waals surface area contributed by atoms with Crippen molar-refractivity contribution in [2.24, 2.45) is 5.92 Å². The predicted octanol–water partition coefficient (Wildman–Crippen LogP) is 3.80. The van der Waals surface area contributed by atoms with E-state index in [1.807, 2.05) is 6.92 Å². The summed E-state index contributed by atoms with van der Waals surface area (Å²) in [4.78, 5) is 0.